The number of halogens is 10. The fourth-order valence-electron chi connectivity index (χ4n) is 4.67. The van der Waals surface area contributed by atoms with Gasteiger partial charge in [-0.15, -0.1) is 0 Å². The van der Waals surface area contributed by atoms with Gasteiger partial charge in [0.15, 0.2) is 5.06 Å². The van der Waals surface area contributed by atoms with E-state index in [-0.39, 0.29) is 48.6 Å². The first kappa shape index (κ1) is 47.7. The zero-order valence-electron chi connectivity index (χ0n) is 28.8. The number of benzene rings is 5. The molecule has 5 aromatic rings. The van der Waals surface area contributed by atoms with E-state index in [1.165, 1.54) is 24.3 Å². The quantitative estimate of drug-likeness (QED) is 0.0933. The normalized spacial score (nSPS) is 15.6. The predicted octanol–water partition coefficient (Wildman–Crippen LogP) is 13.6. The number of carbonyl (C=O) groups excluding carboxylic acids is 3. The molecule has 302 valence electrons. The molecular weight excluding hydrogens is 1090 g/mol. The highest BCUT2D eigenvalue weighted by molar-refractivity contribution is 9.11. The fraction of sp³-hybridized carbons (Fsp3) is 0.0513. The molecule has 6 rings (SSSR count). The Morgan fingerprint density at radius 2 is 1.17 bits per heavy atom. The first-order valence-corrected chi connectivity index (χ1v) is 21.0. The molecule has 2 unspecified atom stereocenters. The van der Waals surface area contributed by atoms with Crippen LogP contribution in [0.1, 0.15) is 20.7 Å². The summed E-state index contributed by atoms with van der Waals surface area (Å²) in [6.45, 7) is 0. The third-order valence-corrected chi connectivity index (χ3v) is 11.2. The van der Waals surface area contributed by atoms with Gasteiger partial charge in [-0.25, -0.2) is 0 Å². The summed E-state index contributed by atoms with van der Waals surface area (Å²) in [6, 6.07) is 26.3. The van der Waals surface area contributed by atoms with Crippen LogP contribution in [0.5, 0.6) is 11.5 Å². The Kier molecular flexibility index (Phi) is 17.7. The van der Waals surface area contributed by atoms with E-state index in [1.807, 2.05) is 12.1 Å². The number of aromatic hydroxyl groups is 2. The lowest BCUT2D eigenvalue weighted by molar-refractivity contribution is -0.121. The van der Waals surface area contributed by atoms with Crippen LogP contribution in [-0.2, 0) is 4.79 Å². The van der Waals surface area contributed by atoms with Gasteiger partial charge in [-0.3, -0.25) is 14.4 Å². The molecule has 0 saturated carbocycles. The number of hydrogen-bond acceptors (Lipinski definition) is 6. The van der Waals surface area contributed by atoms with Crippen LogP contribution in [0.2, 0.25) is 20.1 Å². The number of anilines is 3. The van der Waals surface area contributed by atoms with Gasteiger partial charge in [-0.1, -0.05) is 119 Å². The summed E-state index contributed by atoms with van der Waals surface area (Å²) in [4.78, 5) is 36.3. The van der Waals surface area contributed by atoms with Gasteiger partial charge in [-0.05, 0) is 119 Å². The predicted molar refractivity (Wildman–Crippen MR) is 245 cm³/mol. The van der Waals surface area contributed by atoms with Crippen LogP contribution < -0.4 is 16.0 Å². The Labute approximate surface area is 392 Å². The number of phenolic OH excluding ortho intramolecular Hbond substituents is 2. The fourth-order valence-corrected chi connectivity index (χ4v) is 7.71. The van der Waals surface area contributed by atoms with E-state index >= 15 is 0 Å². The van der Waals surface area contributed by atoms with Gasteiger partial charge in [0.2, 0.25) is 5.91 Å². The van der Waals surface area contributed by atoms with Crippen molar-refractivity contribution in [3.05, 3.63) is 164 Å². The molecule has 3 amide bonds. The Morgan fingerprint density at radius 3 is 1.76 bits per heavy atom. The lowest BCUT2D eigenvalue weighted by Crippen LogP contribution is -2.41. The molecule has 0 aliphatic heterocycles. The summed E-state index contributed by atoms with van der Waals surface area (Å²) in [6.07, 6.45) is 2.62. The van der Waals surface area contributed by atoms with Gasteiger partial charge >= 0.3 is 0 Å². The molecule has 1 aliphatic rings. The van der Waals surface area contributed by atoms with E-state index in [4.69, 9.17) is 81.2 Å². The van der Waals surface area contributed by atoms with Gasteiger partial charge in [0.1, 0.15) is 17.4 Å². The lowest BCUT2D eigenvalue weighted by Gasteiger charge is -2.30. The van der Waals surface area contributed by atoms with Crippen LogP contribution in [-0.4, -0.2) is 38.1 Å². The topological polar surface area (TPSA) is 148 Å². The molecule has 1 aliphatic carbocycles. The maximum Gasteiger partial charge on any atom is 0.259 e. The summed E-state index contributed by atoms with van der Waals surface area (Å²) in [5.74, 6) is -2.94. The average molecular weight is 1120 g/mol. The van der Waals surface area contributed by atoms with E-state index in [9.17, 15) is 29.7 Å². The molecule has 2 atom stereocenters. The molecule has 0 heterocycles. The van der Waals surface area contributed by atoms with Crippen LogP contribution in [0.25, 0.3) is 0 Å². The summed E-state index contributed by atoms with van der Waals surface area (Å²) in [5.41, 5.74) is 1.88. The van der Waals surface area contributed by atoms with Gasteiger partial charge in [0.25, 0.3) is 11.8 Å². The van der Waals surface area contributed by atoms with Gasteiger partial charge in [-0.2, -0.15) is 0 Å². The second kappa shape index (κ2) is 21.5. The molecule has 0 bridgehead atoms. The second-order valence-electron chi connectivity index (χ2n) is 11.7. The molecule has 0 aromatic heterocycles. The minimum Gasteiger partial charge on any atom is -0.506 e. The van der Waals surface area contributed by atoms with Crippen LogP contribution in [0, 0.1) is 5.92 Å². The highest BCUT2D eigenvalue weighted by Gasteiger charge is 2.43. The first-order chi connectivity index (χ1) is 27.2. The van der Waals surface area contributed by atoms with Gasteiger partial charge < -0.3 is 31.3 Å². The molecular formula is C39H25Br3Cl7N3O6. The number of amides is 3. The van der Waals surface area contributed by atoms with Crippen molar-refractivity contribution in [1.82, 2.24) is 0 Å². The third-order valence-electron chi connectivity index (χ3n) is 7.46. The summed E-state index contributed by atoms with van der Waals surface area (Å²) >= 11 is 50.5. The molecule has 58 heavy (non-hydrogen) atoms. The number of carbonyl (C=O) groups is 3. The number of aliphatic hydroxyl groups is 1. The molecule has 0 fully saturated rings. The van der Waals surface area contributed by atoms with E-state index in [1.54, 1.807) is 72.8 Å². The molecule has 19 heteroatoms. The van der Waals surface area contributed by atoms with Gasteiger partial charge in [0.05, 0.1) is 25.7 Å². The number of phenols is 2. The zero-order valence-corrected chi connectivity index (χ0v) is 38.9. The Morgan fingerprint density at radius 1 is 0.603 bits per heavy atom. The van der Waals surface area contributed by atoms with Crippen LogP contribution in [0.15, 0.2) is 133 Å². The minimum absolute atomic E-state index is 0.00690. The van der Waals surface area contributed by atoms with Crippen molar-refractivity contribution in [1.29, 1.82) is 0 Å². The monoisotopic (exact) mass is 1110 g/mol. The highest BCUT2D eigenvalue weighted by atomic mass is 79.9. The number of alkyl halides is 1. The van der Waals surface area contributed by atoms with Crippen LogP contribution in [0.4, 0.5) is 17.1 Å². The standard InChI is InChI=1S/C13H8Br3NO2.C13H9Cl4NO2.C13H8Cl3NO2/c14-7-1-3-9(4-2-7)17-13(19)10-5-8(15)6-11(16)12(10)18;14-7-2-1-3-9(4-7)18-12(19)10-5-8(15)6-11(16)13(10,17)20;14-7-1-3-9(4-2-7)17-13(19)10-5-8(15)6-11(16)12(10)18/h1-6,18H,(H,17,19);1-6,10,20H,(H,18,19);1-6,18H,(H,17,19). The largest absolute Gasteiger partial charge is 0.506 e. The van der Waals surface area contributed by atoms with E-state index in [2.05, 4.69) is 63.7 Å². The smallest absolute Gasteiger partial charge is 0.259 e. The van der Waals surface area contributed by atoms with Crippen LogP contribution in [0.3, 0.4) is 0 Å². The highest BCUT2D eigenvalue weighted by Crippen LogP contribution is 2.40. The lowest BCUT2D eigenvalue weighted by atomic mass is 9.95. The van der Waals surface area contributed by atoms with E-state index < -0.39 is 22.8 Å². The van der Waals surface area contributed by atoms with E-state index in [0.717, 1.165) is 4.47 Å². The minimum atomic E-state index is -2.03. The zero-order chi connectivity index (χ0) is 42.9. The number of allylic oxidation sites excluding steroid dienone is 2. The van der Waals surface area contributed by atoms with Crippen molar-refractivity contribution in [2.24, 2.45) is 5.92 Å². The van der Waals surface area contributed by atoms with Crippen molar-refractivity contribution >= 4 is 164 Å². The molecule has 0 radical (unpaired) electrons. The summed E-state index contributed by atoms with van der Waals surface area (Å²) < 4.78 is 2.10. The van der Waals surface area contributed by atoms with E-state index in [0.29, 0.717) is 36.1 Å². The Hall–Kier alpha value is -2.98. The first-order valence-electron chi connectivity index (χ1n) is 16.0. The molecule has 0 saturated heterocycles. The van der Waals surface area contributed by atoms with Crippen molar-refractivity contribution in [2.75, 3.05) is 16.0 Å². The second-order valence-corrected chi connectivity index (χ2v) is 17.5. The number of hydrogen-bond donors (Lipinski definition) is 6. The number of nitrogens with one attached hydrogen (secondary N) is 3. The Balaban J connectivity index is 0.000000193. The molecule has 9 nitrogen and oxygen atoms in total. The average Bonchev–Trinajstić information content (AvgIpc) is 3.15. The Bertz CT molecular complexity index is 2290. The van der Waals surface area contributed by atoms with Crippen LogP contribution >= 0.6 is 129 Å². The van der Waals surface area contributed by atoms with Crippen molar-refractivity contribution in [2.45, 2.75) is 5.06 Å². The van der Waals surface area contributed by atoms with Crippen molar-refractivity contribution in [3.63, 3.8) is 0 Å². The maximum absolute atomic E-state index is 12.2. The SMILES string of the molecule is O=C(Nc1ccc(Br)cc1)c1cc(Br)cc(Br)c1O.O=C(Nc1ccc(Cl)cc1)c1cc(Cl)cc(Cl)c1O.O=C(Nc1cccc(Cl)c1)C1C=C(Cl)C=C(Cl)C1(O)Cl. The molecule has 5 aromatic carbocycles. The third kappa shape index (κ3) is 13.5. The van der Waals surface area contributed by atoms with Crippen molar-refractivity contribution < 1.29 is 29.7 Å². The number of rotatable bonds is 6. The summed E-state index contributed by atoms with van der Waals surface area (Å²) in [7, 11) is 0. The van der Waals surface area contributed by atoms with Gasteiger partial charge in [0, 0.05) is 46.1 Å². The van der Waals surface area contributed by atoms with Crippen molar-refractivity contribution in [3.8, 4) is 11.5 Å². The molecule has 0 spiro atoms. The maximum atomic E-state index is 12.2. The molecule has 6 N–H and O–H groups in total. The summed E-state index contributed by atoms with van der Waals surface area (Å²) in [5, 5.41) is 37.0.